The third-order valence-electron chi connectivity index (χ3n) is 8.88. The highest BCUT2D eigenvalue weighted by Gasteiger charge is 2.55. The Bertz CT molecular complexity index is 1640. The molecular formula is C38H40N2O9. The van der Waals surface area contributed by atoms with Crippen LogP contribution in [0.4, 0.5) is 0 Å². The maximum absolute atomic E-state index is 14.2. The molecule has 6 rings (SSSR count). The first-order chi connectivity index (χ1) is 23.9. The second-order valence-corrected chi connectivity index (χ2v) is 12.0. The average Bonchev–Trinajstić information content (AvgIpc) is 3.80. The fraction of sp³-hybridized carbons (Fsp3) is 0.342. The molecule has 0 bridgehead atoms. The lowest BCUT2D eigenvalue weighted by atomic mass is 9.91. The fourth-order valence-corrected chi connectivity index (χ4v) is 6.62. The molecule has 4 atom stereocenters. The second-order valence-electron chi connectivity index (χ2n) is 12.0. The van der Waals surface area contributed by atoms with Crippen LogP contribution in [-0.4, -0.2) is 90.2 Å². The van der Waals surface area contributed by atoms with Crippen LogP contribution in [0.5, 0.6) is 0 Å². The number of aliphatic hydroxyl groups excluding tert-OH is 2. The number of nitrogens with one attached hydrogen (secondary N) is 1. The molecule has 0 aromatic heterocycles. The number of carbonyl (C=O) groups excluding carboxylic acids is 3. The third-order valence-corrected chi connectivity index (χ3v) is 8.88. The number of carbonyl (C=O) groups is 3. The molecule has 2 heterocycles. The molecule has 0 radical (unpaired) electrons. The van der Waals surface area contributed by atoms with Crippen LogP contribution in [0.15, 0.2) is 103 Å². The predicted molar refractivity (Wildman–Crippen MR) is 179 cm³/mol. The molecule has 3 aromatic carbocycles. The van der Waals surface area contributed by atoms with Gasteiger partial charge in [-0.25, -0.2) is 4.79 Å². The van der Waals surface area contributed by atoms with Crippen LogP contribution >= 0.6 is 0 Å². The Balaban J connectivity index is 1.35. The van der Waals surface area contributed by atoms with Crippen LogP contribution in [0.25, 0.3) is 6.08 Å². The highest BCUT2D eigenvalue weighted by Crippen LogP contribution is 2.47. The summed E-state index contributed by atoms with van der Waals surface area (Å²) in [5.74, 6) is -2.64. The van der Waals surface area contributed by atoms with Gasteiger partial charge in [-0.15, -0.1) is 0 Å². The van der Waals surface area contributed by atoms with Crippen molar-refractivity contribution in [3.05, 3.63) is 125 Å². The minimum Gasteiger partial charge on any atom is -0.499 e. The summed E-state index contributed by atoms with van der Waals surface area (Å²) in [5, 5.41) is 20.9. The van der Waals surface area contributed by atoms with Crippen LogP contribution in [0.3, 0.4) is 0 Å². The maximum Gasteiger partial charge on any atom is 0.339 e. The number of rotatable bonds is 12. The van der Waals surface area contributed by atoms with Gasteiger partial charge in [0.05, 0.1) is 25.0 Å². The van der Waals surface area contributed by atoms with E-state index in [1.165, 1.54) is 6.26 Å². The smallest absolute Gasteiger partial charge is 0.339 e. The molecule has 256 valence electrons. The van der Waals surface area contributed by atoms with E-state index in [9.17, 15) is 19.5 Å². The Morgan fingerprint density at radius 3 is 2.31 bits per heavy atom. The molecule has 0 saturated carbocycles. The minimum atomic E-state index is -1.36. The fourth-order valence-electron chi connectivity index (χ4n) is 6.62. The third kappa shape index (κ3) is 7.30. The number of nitrogens with zero attached hydrogens (tertiary/aromatic N) is 1. The van der Waals surface area contributed by atoms with E-state index < -0.39 is 36.1 Å². The van der Waals surface area contributed by atoms with Crippen molar-refractivity contribution in [3.8, 4) is 0 Å². The Morgan fingerprint density at radius 2 is 1.61 bits per heavy atom. The van der Waals surface area contributed by atoms with Crippen LogP contribution in [0.1, 0.15) is 46.3 Å². The summed E-state index contributed by atoms with van der Waals surface area (Å²) < 4.78 is 25.1. The zero-order valence-electron chi connectivity index (χ0n) is 27.0. The topological polar surface area (TPSA) is 144 Å². The normalized spacial score (nSPS) is 22.7. The molecule has 3 aliphatic rings. The van der Waals surface area contributed by atoms with E-state index in [1.807, 2.05) is 60.7 Å². The number of esters is 1. The Labute approximate surface area is 284 Å². The van der Waals surface area contributed by atoms with Crippen molar-refractivity contribution in [2.75, 3.05) is 32.9 Å². The summed E-state index contributed by atoms with van der Waals surface area (Å²) in [5.41, 5.74) is 2.65. The van der Waals surface area contributed by atoms with E-state index in [0.29, 0.717) is 30.5 Å². The number of amides is 2. The number of ether oxygens (including phenoxy) is 4. The van der Waals surface area contributed by atoms with E-state index in [1.54, 1.807) is 41.3 Å². The van der Waals surface area contributed by atoms with Gasteiger partial charge in [0.25, 0.3) is 0 Å². The van der Waals surface area contributed by atoms with E-state index in [0.717, 1.165) is 11.1 Å². The molecule has 11 heteroatoms. The van der Waals surface area contributed by atoms with Gasteiger partial charge in [-0.2, -0.15) is 0 Å². The Morgan fingerprint density at radius 1 is 0.918 bits per heavy atom. The zero-order valence-corrected chi connectivity index (χ0v) is 27.0. The van der Waals surface area contributed by atoms with E-state index >= 15 is 0 Å². The average molecular weight is 669 g/mol. The van der Waals surface area contributed by atoms with E-state index in [-0.39, 0.29) is 50.2 Å². The van der Waals surface area contributed by atoms with Gasteiger partial charge in [-0.1, -0.05) is 78.9 Å². The van der Waals surface area contributed by atoms with Gasteiger partial charge < -0.3 is 39.4 Å². The molecule has 11 nitrogen and oxygen atoms in total. The molecule has 2 saturated heterocycles. The summed E-state index contributed by atoms with van der Waals surface area (Å²) >= 11 is 0. The standard InChI is InChI=1S/C38H40N2O9/c41-20-18-39-35(43)31-16-9-19-40(31)36(44)27-24-32(47-37(45)30-15-8-7-10-26(30)17-22-46-23-21-42)34-33(25-27)48-38(49-34,28-11-3-1-4-12-28)29-13-5-2-6-14-29/h1-8,10-15,17,22,25,31-34,41-42H,9,16,18-21,23-24H2,(H,39,43). The maximum atomic E-state index is 14.2. The van der Waals surface area contributed by atoms with Gasteiger partial charge in [0.15, 0.2) is 0 Å². The van der Waals surface area contributed by atoms with Crippen molar-refractivity contribution in [1.29, 1.82) is 0 Å². The molecule has 2 aliphatic heterocycles. The Kier molecular flexibility index (Phi) is 10.8. The monoisotopic (exact) mass is 668 g/mol. The molecule has 2 amide bonds. The summed E-state index contributed by atoms with van der Waals surface area (Å²) in [6.45, 7) is 0.246. The van der Waals surface area contributed by atoms with Crippen LogP contribution in [0, 0.1) is 0 Å². The van der Waals surface area contributed by atoms with Crippen LogP contribution in [-0.2, 0) is 34.3 Å². The van der Waals surface area contributed by atoms with E-state index in [4.69, 9.17) is 24.1 Å². The summed E-state index contributed by atoms with van der Waals surface area (Å²) in [4.78, 5) is 42.5. The highest BCUT2D eigenvalue weighted by atomic mass is 16.8. The number of fused-ring (bicyclic) bond motifs is 1. The highest BCUT2D eigenvalue weighted by molar-refractivity contribution is 5.98. The number of hydrogen-bond acceptors (Lipinski definition) is 9. The predicted octanol–water partition coefficient (Wildman–Crippen LogP) is 3.31. The zero-order chi connectivity index (χ0) is 34.2. The van der Waals surface area contributed by atoms with Gasteiger partial charge in [0, 0.05) is 36.2 Å². The molecule has 49 heavy (non-hydrogen) atoms. The lowest BCUT2D eigenvalue weighted by Gasteiger charge is -2.33. The van der Waals surface area contributed by atoms with Gasteiger partial charge in [-0.05, 0) is 36.6 Å². The number of aliphatic hydroxyl groups is 2. The van der Waals surface area contributed by atoms with Crippen molar-refractivity contribution >= 4 is 23.9 Å². The number of likely N-dealkylation sites (tertiary alicyclic amines) is 1. The first kappa shape index (κ1) is 34.1. The molecule has 0 spiro atoms. The summed E-state index contributed by atoms with van der Waals surface area (Å²) in [6.07, 6.45) is 3.46. The Hall–Kier alpha value is -4.81. The molecule has 2 fully saturated rings. The van der Waals surface area contributed by atoms with Gasteiger partial charge in [-0.3, -0.25) is 9.59 Å². The van der Waals surface area contributed by atoms with Crippen molar-refractivity contribution < 1.29 is 43.5 Å². The molecule has 3 N–H and O–H groups in total. The molecule has 1 aliphatic carbocycles. The van der Waals surface area contributed by atoms with Gasteiger partial charge in [0.2, 0.25) is 17.6 Å². The largest absolute Gasteiger partial charge is 0.499 e. The molecule has 4 unspecified atom stereocenters. The summed E-state index contributed by atoms with van der Waals surface area (Å²) in [7, 11) is 0. The molecule has 3 aromatic rings. The van der Waals surface area contributed by atoms with E-state index in [2.05, 4.69) is 5.32 Å². The first-order valence-electron chi connectivity index (χ1n) is 16.5. The van der Waals surface area contributed by atoms with Crippen LogP contribution in [0.2, 0.25) is 0 Å². The van der Waals surface area contributed by atoms with Crippen molar-refractivity contribution in [3.63, 3.8) is 0 Å². The second kappa shape index (κ2) is 15.6. The first-order valence-corrected chi connectivity index (χ1v) is 16.5. The number of benzene rings is 3. The summed E-state index contributed by atoms with van der Waals surface area (Å²) in [6, 6.07) is 25.2. The van der Waals surface area contributed by atoms with Gasteiger partial charge in [0.1, 0.15) is 31.0 Å². The lowest BCUT2D eigenvalue weighted by Crippen LogP contribution is -2.49. The SMILES string of the molecule is O=C(OC1CC(C(=O)N2CCCC2C(=O)NCCO)=CC2OC(c3ccccc3)(c3ccccc3)OC21)c1ccccc1C=COCCO. The lowest BCUT2D eigenvalue weighted by molar-refractivity contribution is -0.157. The van der Waals surface area contributed by atoms with Crippen LogP contribution < -0.4 is 5.32 Å². The van der Waals surface area contributed by atoms with Crippen molar-refractivity contribution in [1.82, 2.24) is 10.2 Å². The van der Waals surface area contributed by atoms with Crippen molar-refractivity contribution in [2.45, 2.75) is 49.4 Å². The van der Waals surface area contributed by atoms with Crippen molar-refractivity contribution in [2.24, 2.45) is 0 Å². The molecular weight excluding hydrogens is 628 g/mol. The number of hydrogen-bond donors (Lipinski definition) is 3. The quantitative estimate of drug-likeness (QED) is 0.151. The minimum absolute atomic E-state index is 0.0356. The van der Waals surface area contributed by atoms with Gasteiger partial charge >= 0.3 is 5.97 Å².